The largest absolute Gasteiger partial charge is 0.396 e. The number of nitrogens with zero attached hydrogens (tertiary/aromatic N) is 2. The first-order valence-corrected chi connectivity index (χ1v) is 5.87. The minimum atomic E-state index is -0.375. The van der Waals surface area contributed by atoms with Gasteiger partial charge in [-0.3, -0.25) is 9.48 Å². The van der Waals surface area contributed by atoms with Crippen LogP contribution in [0.4, 0.5) is 15.8 Å². The minimum absolute atomic E-state index is 0.0427. The number of amides is 1. The fraction of sp³-hybridized carbons (Fsp3) is 0.0909. The molecule has 1 heterocycles. The Morgan fingerprint density at radius 2 is 2.33 bits per heavy atom. The van der Waals surface area contributed by atoms with Crippen LogP contribution in [0.2, 0.25) is 0 Å². The highest BCUT2D eigenvalue weighted by Crippen LogP contribution is 2.22. The van der Waals surface area contributed by atoms with E-state index in [0.717, 1.165) is 0 Å². The summed E-state index contributed by atoms with van der Waals surface area (Å²) in [6, 6.07) is 4.03. The Bertz CT molecular complexity index is 584. The summed E-state index contributed by atoms with van der Waals surface area (Å²) < 4.78 is 14.8. The van der Waals surface area contributed by atoms with Gasteiger partial charge in [0.05, 0.1) is 17.6 Å². The average molecular weight is 313 g/mol. The molecule has 0 radical (unpaired) electrons. The van der Waals surface area contributed by atoms with Gasteiger partial charge in [-0.2, -0.15) is 5.10 Å². The predicted octanol–water partition coefficient (Wildman–Crippen LogP) is 2.01. The van der Waals surface area contributed by atoms with Crippen molar-refractivity contribution < 1.29 is 9.18 Å². The molecule has 0 saturated carbocycles. The molecule has 94 valence electrons. The van der Waals surface area contributed by atoms with Gasteiger partial charge in [0, 0.05) is 10.7 Å². The van der Waals surface area contributed by atoms with E-state index in [9.17, 15) is 9.18 Å². The van der Waals surface area contributed by atoms with Crippen molar-refractivity contribution in [3.63, 3.8) is 0 Å². The molecule has 0 saturated heterocycles. The molecule has 0 aliphatic rings. The van der Waals surface area contributed by atoms with E-state index in [0.29, 0.717) is 15.8 Å². The summed E-state index contributed by atoms with van der Waals surface area (Å²) in [5, 5.41) is 6.53. The zero-order valence-corrected chi connectivity index (χ0v) is 10.8. The van der Waals surface area contributed by atoms with Gasteiger partial charge in [-0.15, -0.1) is 0 Å². The molecule has 0 spiro atoms. The van der Waals surface area contributed by atoms with Crippen LogP contribution in [-0.2, 0) is 11.3 Å². The Labute approximate surface area is 111 Å². The second-order valence-corrected chi connectivity index (χ2v) is 4.50. The zero-order chi connectivity index (χ0) is 13.1. The summed E-state index contributed by atoms with van der Waals surface area (Å²) in [5.74, 6) is -0.648. The van der Waals surface area contributed by atoms with Gasteiger partial charge in [-0.1, -0.05) is 0 Å². The molecule has 18 heavy (non-hydrogen) atoms. The molecule has 0 aliphatic heterocycles. The third-order valence-corrected chi connectivity index (χ3v) is 2.82. The number of nitrogens with one attached hydrogen (secondary N) is 1. The molecule has 0 aliphatic carbocycles. The second-order valence-electron chi connectivity index (χ2n) is 3.64. The first kappa shape index (κ1) is 12.6. The van der Waals surface area contributed by atoms with Crippen LogP contribution in [0.5, 0.6) is 0 Å². The fourth-order valence-electron chi connectivity index (χ4n) is 1.39. The molecule has 0 unspecified atom stereocenters. The molecule has 2 aromatic rings. The van der Waals surface area contributed by atoms with E-state index in [1.165, 1.54) is 29.1 Å². The van der Waals surface area contributed by atoms with Gasteiger partial charge < -0.3 is 11.1 Å². The van der Waals surface area contributed by atoms with Crippen molar-refractivity contribution in [2.24, 2.45) is 0 Å². The fourth-order valence-corrected chi connectivity index (χ4v) is 1.84. The maximum atomic E-state index is 12.9. The summed E-state index contributed by atoms with van der Waals surface area (Å²) in [4.78, 5) is 11.7. The number of benzene rings is 1. The maximum absolute atomic E-state index is 12.9. The number of anilines is 2. The number of halogens is 2. The van der Waals surface area contributed by atoms with Crippen LogP contribution in [-0.4, -0.2) is 15.7 Å². The number of nitrogen functional groups attached to an aromatic ring is 1. The smallest absolute Gasteiger partial charge is 0.246 e. The normalized spacial score (nSPS) is 10.3. The zero-order valence-electron chi connectivity index (χ0n) is 9.23. The van der Waals surface area contributed by atoms with Crippen LogP contribution in [0.25, 0.3) is 0 Å². The average Bonchev–Trinajstić information content (AvgIpc) is 2.68. The summed E-state index contributed by atoms with van der Waals surface area (Å²) in [7, 11) is 0. The highest BCUT2D eigenvalue weighted by atomic mass is 79.9. The topological polar surface area (TPSA) is 72.9 Å². The molecule has 0 fully saturated rings. The monoisotopic (exact) mass is 312 g/mol. The Hall–Kier alpha value is -1.89. The second kappa shape index (κ2) is 5.18. The van der Waals surface area contributed by atoms with Crippen molar-refractivity contribution in [3.8, 4) is 0 Å². The Balaban J connectivity index is 2.03. The SMILES string of the molecule is Nc1cnn(CC(=O)Nc2ccc(F)cc2Br)c1. The molecule has 0 bridgehead atoms. The van der Waals surface area contributed by atoms with E-state index in [4.69, 9.17) is 5.73 Å². The maximum Gasteiger partial charge on any atom is 0.246 e. The van der Waals surface area contributed by atoms with Crippen LogP contribution < -0.4 is 11.1 Å². The van der Waals surface area contributed by atoms with Crippen LogP contribution in [0.1, 0.15) is 0 Å². The number of carbonyl (C=O) groups is 1. The van der Waals surface area contributed by atoms with Gasteiger partial charge >= 0.3 is 0 Å². The van der Waals surface area contributed by atoms with Gasteiger partial charge in [0.2, 0.25) is 5.91 Å². The Kier molecular flexibility index (Phi) is 3.61. The first-order valence-electron chi connectivity index (χ1n) is 5.07. The van der Waals surface area contributed by atoms with E-state index in [1.807, 2.05) is 0 Å². The minimum Gasteiger partial charge on any atom is -0.396 e. The first-order chi connectivity index (χ1) is 8.54. The summed E-state index contributed by atoms with van der Waals surface area (Å²) >= 11 is 3.17. The molecular formula is C11H10BrFN4O. The lowest BCUT2D eigenvalue weighted by Crippen LogP contribution is -2.19. The van der Waals surface area contributed by atoms with Gasteiger partial charge in [0.25, 0.3) is 0 Å². The van der Waals surface area contributed by atoms with E-state index < -0.39 is 0 Å². The molecule has 2 rings (SSSR count). The lowest BCUT2D eigenvalue weighted by Gasteiger charge is -2.07. The number of hydrogen-bond acceptors (Lipinski definition) is 3. The van der Waals surface area contributed by atoms with Crippen LogP contribution >= 0.6 is 15.9 Å². The van der Waals surface area contributed by atoms with Crippen molar-refractivity contribution in [1.29, 1.82) is 0 Å². The van der Waals surface area contributed by atoms with Crippen molar-refractivity contribution in [2.75, 3.05) is 11.1 Å². The lowest BCUT2D eigenvalue weighted by atomic mass is 10.3. The van der Waals surface area contributed by atoms with E-state index >= 15 is 0 Å². The van der Waals surface area contributed by atoms with Crippen LogP contribution in [0.3, 0.4) is 0 Å². The summed E-state index contributed by atoms with van der Waals surface area (Å²) in [6.45, 7) is 0.0427. The standard InChI is InChI=1S/C11H10BrFN4O/c12-9-3-7(13)1-2-10(9)16-11(18)6-17-5-8(14)4-15-17/h1-5H,6,14H2,(H,16,18). The predicted molar refractivity (Wildman–Crippen MR) is 69.4 cm³/mol. The Morgan fingerprint density at radius 1 is 1.56 bits per heavy atom. The van der Waals surface area contributed by atoms with E-state index in [1.54, 1.807) is 6.20 Å². The molecular weight excluding hydrogens is 303 g/mol. The van der Waals surface area contributed by atoms with E-state index in [2.05, 4.69) is 26.3 Å². The quantitative estimate of drug-likeness (QED) is 0.910. The molecule has 3 N–H and O–H groups in total. The van der Waals surface area contributed by atoms with Gasteiger partial charge in [-0.05, 0) is 34.1 Å². The molecule has 5 nitrogen and oxygen atoms in total. The highest BCUT2D eigenvalue weighted by Gasteiger charge is 2.07. The van der Waals surface area contributed by atoms with Gasteiger partial charge in [-0.25, -0.2) is 4.39 Å². The molecule has 0 atom stereocenters. The lowest BCUT2D eigenvalue weighted by molar-refractivity contribution is -0.116. The number of hydrogen-bond donors (Lipinski definition) is 2. The van der Waals surface area contributed by atoms with Crippen molar-refractivity contribution in [2.45, 2.75) is 6.54 Å². The van der Waals surface area contributed by atoms with E-state index in [-0.39, 0.29) is 18.3 Å². The molecule has 1 amide bonds. The summed E-state index contributed by atoms with van der Waals surface area (Å²) in [6.07, 6.45) is 3.01. The number of nitrogens with two attached hydrogens (primary N) is 1. The van der Waals surface area contributed by atoms with Crippen molar-refractivity contribution >= 4 is 33.2 Å². The van der Waals surface area contributed by atoms with Crippen LogP contribution in [0, 0.1) is 5.82 Å². The molecule has 7 heteroatoms. The molecule has 1 aromatic heterocycles. The number of aromatic nitrogens is 2. The summed E-state index contributed by atoms with van der Waals surface area (Å²) in [5.41, 5.74) is 6.48. The van der Waals surface area contributed by atoms with Crippen LogP contribution in [0.15, 0.2) is 35.1 Å². The van der Waals surface area contributed by atoms with Crippen molar-refractivity contribution in [3.05, 3.63) is 40.9 Å². The molecule has 1 aromatic carbocycles. The number of rotatable bonds is 3. The highest BCUT2D eigenvalue weighted by molar-refractivity contribution is 9.10. The van der Waals surface area contributed by atoms with Gasteiger partial charge in [0.15, 0.2) is 0 Å². The third kappa shape index (κ3) is 3.07. The van der Waals surface area contributed by atoms with Crippen molar-refractivity contribution in [1.82, 2.24) is 9.78 Å². The van der Waals surface area contributed by atoms with Gasteiger partial charge in [0.1, 0.15) is 12.4 Å². The third-order valence-electron chi connectivity index (χ3n) is 2.16. The number of carbonyl (C=O) groups excluding carboxylic acids is 1. The Morgan fingerprint density at radius 3 is 2.94 bits per heavy atom.